The Kier molecular flexibility index (Phi) is 3.71. The molecule has 0 bridgehead atoms. The van der Waals surface area contributed by atoms with E-state index in [0.717, 1.165) is 27.6 Å². The lowest BCUT2D eigenvalue weighted by Gasteiger charge is -2.26. The maximum atomic E-state index is 5.96. The van der Waals surface area contributed by atoms with E-state index in [2.05, 4.69) is 34.4 Å². The fraction of sp³-hybridized carbons (Fsp3) is 0.400. The van der Waals surface area contributed by atoms with Crippen LogP contribution in [-0.4, -0.2) is 25.4 Å². The van der Waals surface area contributed by atoms with E-state index in [1.54, 1.807) is 11.3 Å². The minimum atomic E-state index is -0.299. The predicted octanol–water partition coefficient (Wildman–Crippen LogP) is 3.76. The van der Waals surface area contributed by atoms with Crippen molar-refractivity contribution < 1.29 is 0 Å². The number of nitrogens with zero attached hydrogens (tertiary/aromatic N) is 4. The van der Waals surface area contributed by atoms with Gasteiger partial charge in [-0.05, 0) is 32.4 Å². The number of aromatic nitrogens is 4. The summed E-state index contributed by atoms with van der Waals surface area (Å²) in [6, 6.07) is 2.06. The first-order valence-corrected chi connectivity index (χ1v) is 8.26. The van der Waals surface area contributed by atoms with Gasteiger partial charge in [-0.3, -0.25) is 0 Å². The third kappa shape index (κ3) is 2.45. The third-order valence-corrected chi connectivity index (χ3v) is 4.81. The van der Waals surface area contributed by atoms with Crippen molar-refractivity contribution in [1.82, 2.24) is 19.5 Å². The van der Waals surface area contributed by atoms with Crippen molar-refractivity contribution in [3.8, 4) is 0 Å². The van der Waals surface area contributed by atoms with Gasteiger partial charge >= 0.3 is 0 Å². The monoisotopic (exact) mass is 320 g/mol. The minimum absolute atomic E-state index is 0.299. The molecular weight excluding hydrogens is 304 g/mol. The number of fused-ring (bicyclic) bond motifs is 1. The molecule has 3 aromatic heterocycles. The van der Waals surface area contributed by atoms with Gasteiger partial charge in [-0.15, -0.1) is 22.9 Å². The number of hydrogen-bond acceptors (Lipinski definition) is 4. The van der Waals surface area contributed by atoms with E-state index in [9.17, 15) is 0 Å². The molecule has 0 radical (unpaired) electrons. The van der Waals surface area contributed by atoms with Gasteiger partial charge in [-0.25, -0.2) is 15.0 Å². The van der Waals surface area contributed by atoms with Gasteiger partial charge in [-0.1, -0.05) is 0 Å². The van der Waals surface area contributed by atoms with Gasteiger partial charge in [0.1, 0.15) is 16.3 Å². The Bertz CT molecular complexity index is 761. The molecule has 3 rings (SSSR count). The molecule has 0 amide bonds. The molecule has 110 valence electrons. The maximum Gasteiger partial charge on any atom is 0.160 e. The fourth-order valence-corrected chi connectivity index (χ4v) is 3.49. The quantitative estimate of drug-likeness (QED) is 0.687. The van der Waals surface area contributed by atoms with Gasteiger partial charge in [-0.2, -0.15) is 0 Å². The SMILES string of the molecule is Cc1cnc2c(c1)nc(CCCl)n2C(C)(C)c1nccs1. The van der Waals surface area contributed by atoms with E-state index < -0.39 is 0 Å². The normalized spacial score (nSPS) is 12.2. The van der Waals surface area contributed by atoms with Crippen LogP contribution in [0.25, 0.3) is 11.2 Å². The molecule has 0 N–H and O–H groups in total. The van der Waals surface area contributed by atoms with Crippen molar-refractivity contribution in [3.05, 3.63) is 40.2 Å². The standard InChI is InChI=1S/C15H17ClN4S/c1-10-8-11-13(18-9-10)20(12(19-11)4-5-16)15(2,3)14-17-6-7-21-14/h6-9H,4-5H2,1-3H3. The number of imidazole rings is 1. The van der Waals surface area contributed by atoms with E-state index in [1.165, 1.54) is 0 Å². The molecule has 0 aliphatic heterocycles. The molecule has 4 nitrogen and oxygen atoms in total. The molecular formula is C15H17ClN4S. The van der Waals surface area contributed by atoms with Crippen LogP contribution in [-0.2, 0) is 12.0 Å². The number of alkyl halides is 1. The van der Waals surface area contributed by atoms with Crippen LogP contribution in [0.2, 0.25) is 0 Å². The minimum Gasteiger partial charge on any atom is -0.300 e. The second-order valence-electron chi connectivity index (χ2n) is 5.55. The van der Waals surface area contributed by atoms with Crippen LogP contribution in [0.15, 0.2) is 23.8 Å². The Labute approximate surface area is 132 Å². The zero-order chi connectivity index (χ0) is 15.0. The molecule has 3 aromatic rings. The van der Waals surface area contributed by atoms with Gasteiger partial charge in [0.05, 0.1) is 5.54 Å². The second kappa shape index (κ2) is 5.39. The van der Waals surface area contributed by atoms with Crippen molar-refractivity contribution in [2.75, 3.05) is 5.88 Å². The van der Waals surface area contributed by atoms with Gasteiger partial charge in [0.25, 0.3) is 0 Å². The summed E-state index contributed by atoms with van der Waals surface area (Å²) in [7, 11) is 0. The van der Waals surface area contributed by atoms with E-state index in [1.807, 2.05) is 24.7 Å². The van der Waals surface area contributed by atoms with E-state index in [-0.39, 0.29) is 5.54 Å². The molecule has 0 aliphatic carbocycles. The van der Waals surface area contributed by atoms with Crippen molar-refractivity contribution in [3.63, 3.8) is 0 Å². The van der Waals surface area contributed by atoms with Crippen molar-refractivity contribution in [2.24, 2.45) is 0 Å². The number of halogens is 1. The number of aryl methyl sites for hydroxylation is 2. The lowest BCUT2D eigenvalue weighted by atomic mass is 10.1. The van der Waals surface area contributed by atoms with Crippen LogP contribution in [0, 0.1) is 6.92 Å². The van der Waals surface area contributed by atoms with Gasteiger partial charge in [0, 0.05) is 30.1 Å². The maximum absolute atomic E-state index is 5.96. The highest BCUT2D eigenvalue weighted by molar-refractivity contribution is 7.09. The molecule has 3 heterocycles. The molecule has 21 heavy (non-hydrogen) atoms. The summed E-state index contributed by atoms with van der Waals surface area (Å²) >= 11 is 7.60. The summed E-state index contributed by atoms with van der Waals surface area (Å²) in [5, 5.41) is 3.04. The van der Waals surface area contributed by atoms with Crippen molar-refractivity contribution in [1.29, 1.82) is 0 Å². The van der Waals surface area contributed by atoms with Crippen LogP contribution in [0.3, 0.4) is 0 Å². The third-order valence-electron chi connectivity index (χ3n) is 3.54. The summed E-state index contributed by atoms with van der Waals surface area (Å²) in [6.07, 6.45) is 4.42. The van der Waals surface area contributed by atoms with Crippen LogP contribution in [0.4, 0.5) is 0 Å². The molecule has 0 saturated carbocycles. The largest absolute Gasteiger partial charge is 0.300 e. The smallest absolute Gasteiger partial charge is 0.160 e. The molecule has 0 spiro atoms. The Morgan fingerprint density at radius 2 is 2.14 bits per heavy atom. The number of hydrogen-bond donors (Lipinski definition) is 0. The summed E-state index contributed by atoms with van der Waals surface area (Å²) in [5.74, 6) is 1.49. The van der Waals surface area contributed by atoms with Crippen LogP contribution >= 0.6 is 22.9 Å². The van der Waals surface area contributed by atoms with E-state index in [0.29, 0.717) is 12.3 Å². The molecule has 0 aromatic carbocycles. The Balaban J connectivity index is 2.26. The fourth-order valence-electron chi connectivity index (χ4n) is 2.57. The molecule has 0 saturated heterocycles. The average Bonchev–Trinajstić information content (AvgIpc) is 3.05. The summed E-state index contributed by atoms with van der Waals surface area (Å²) < 4.78 is 2.17. The Morgan fingerprint density at radius 3 is 2.81 bits per heavy atom. The van der Waals surface area contributed by atoms with Crippen molar-refractivity contribution in [2.45, 2.75) is 32.7 Å². The number of pyridine rings is 1. The highest BCUT2D eigenvalue weighted by atomic mass is 35.5. The van der Waals surface area contributed by atoms with E-state index in [4.69, 9.17) is 16.6 Å². The first-order chi connectivity index (χ1) is 10.0. The van der Waals surface area contributed by atoms with Crippen LogP contribution < -0.4 is 0 Å². The predicted molar refractivity (Wildman–Crippen MR) is 87.2 cm³/mol. The molecule has 0 fully saturated rings. The Hall–Kier alpha value is -1.46. The Morgan fingerprint density at radius 1 is 1.33 bits per heavy atom. The van der Waals surface area contributed by atoms with Crippen LogP contribution in [0.5, 0.6) is 0 Å². The van der Waals surface area contributed by atoms with Gasteiger partial charge in [0.2, 0.25) is 0 Å². The molecule has 6 heteroatoms. The topological polar surface area (TPSA) is 43.6 Å². The summed E-state index contributed by atoms with van der Waals surface area (Å²) in [5.41, 5.74) is 2.62. The van der Waals surface area contributed by atoms with Gasteiger partial charge in [0.15, 0.2) is 5.65 Å². The first kappa shape index (κ1) is 14.5. The number of rotatable bonds is 4. The average molecular weight is 321 g/mol. The van der Waals surface area contributed by atoms with Crippen molar-refractivity contribution >= 4 is 34.1 Å². The highest BCUT2D eigenvalue weighted by Gasteiger charge is 2.30. The lowest BCUT2D eigenvalue weighted by Crippen LogP contribution is -2.29. The van der Waals surface area contributed by atoms with Gasteiger partial charge < -0.3 is 4.57 Å². The second-order valence-corrected chi connectivity index (χ2v) is 6.83. The zero-order valence-electron chi connectivity index (χ0n) is 12.3. The van der Waals surface area contributed by atoms with E-state index >= 15 is 0 Å². The number of thiazole rings is 1. The molecule has 0 unspecified atom stereocenters. The van der Waals surface area contributed by atoms with Crippen LogP contribution in [0.1, 0.15) is 30.2 Å². The highest BCUT2D eigenvalue weighted by Crippen LogP contribution is 2.32. The summed E-state index contributed by atoms with van der Waals surface area (Å²) in [6.45, 7) is 6.32. The summed E-state index contributed by atoms with van der Waals surface area (Å²) in [4.78, 5) is 13.8. The first-order valence-electron chi connectivity index (χ1n) is 6.84. The zero-order valence-corrected chi connectivity index (χ0v) is 13.9. The molecule has 0 atom stereocenters. The lowest BCUT2D eigenvalue weighted by molar-refractivity contribution is 0.429. The molecule has 0 aliphatic rings.